The number of nitrogen functional groups attached to an aromatic ring is 1. The Morgan fingerprint density at radius 2 is 2.12 bits per heavy atom. The highest BCUT2D eigenvalue weighted by atomic mass is 32.2. The van der Waals surface area contributed by atoms with Gasteiger partial charge in [0, 0.05) is 25.5 Å². The Balaban J connectivity index is 2.28. The molecule has 0 aliphatic heterocycles. The Morgan fingerprint density at radius 3 is 2.65 bits per heavy atom. The second kappa shape index (κ2) is 4.06. The van der Waals surface area contributed by atoms with Crippen molar-refractivity contribution >= 4 is 21.7 Å². The minimum absolute atomic E-state index is 0.0392. The average molecular weight is 253 g/mol. The maximum atomic E-state index is 11.9. The minimum atomic E-state index is -3.66. The molecule has 0 spiro atoms. The predicted octanol–water partition coefficient (Wildman–Crippen LogP) is 0.198. The van der Waals surface area contributed by atoms with Gasteiger partial charge in [0.25, 0.3) is 10.0 Å². The molecular weight excluding hydrogens is 242 g/mol. The molecule has 0 bridgehead atoms. The van der Waals surface area contributed by atoms with Crippen molar-refractivity contribution in [2.75, 3.05) is 10.5 Å². The van der Waals surface area contributed by atoms with Crippen LogP contribution in [0.5, 0.6) is 0 Å². The molecule has 0 aliphatic rings. The molecule has 8 heteroatoms. The van der Waals surface area contributed by atoms with Crippen LogP contribution in [0.1, 0.15) is 0 Å². The van der Waals surface area contributed by atoms with Crippen molar-refractivity contribution in [2.45, 2.75) is 4.90 Å². The molecule has 0 unspecified atom stereocenters. The maximum absolute atomic E-state index is 11.9. The summed E-state index contributed by atoms with van der Waals surface area (Å²) in [4.78, 5) is 3.76. The Morgan fingerprint density at radius 1 is 1.35 bits per heavy atom. The Labute approximate surface area is 98.3 Å². The first-order chi connectivity index (χ1) is 7.97. The topological polar surface area (TPSA) is 103 Å². The van der Waals surface area contributed by atoms with Gasteiger partial charge < -0.3 is 5.73 Å². The lowest BCUT2D eigenvalue weighted by molar-refractivity contribution is 0.600. The molecule has 0 atom stereocenters. The molecular formula is C9H11N5O2S. The number of aromatic nitrogens is 3. The first kappa shape index (κ1) is 11.4. The monoisotopic (exact) mass is 253 g/mol. The van der Waals surface area contributed by atoms with Gasteiger partial charge in [0.2, 0.25) is 0 Å². The number of hydrogen-bond donors (Lipinski definition) is 2. The van der Waals surface area contributed by atoms with Gasteiger partial charge in [-0.25, -0.2) is 13.4 Å². The number of pyridine rings is 1. The van der Waals surface area contributed by atoms with Gasteiger partial charge in [-0.3, -0.25) is 9.40 Å². The molecule has 0 fully saturated rings. The van der Waals surface area contributed by atoms with Gasteiger partial charge in [-0.05, 0) is 12.1 Å². The lowest BCUT2D eigenvalue weighted by Crippen LogP contribution is -2.14. The first-order valence-corrected chi connectivity index (χ1v) is 6.20. The van der Waals surface area contributed by atoms with E-state index in [0.29, 0.717) is 0 Å². The molecule has 0 aromatic carbocycles. The van der Waals surface area contributed by atoms with E-state index in [-0.39, 0.29) is 16.5 Å². The molecule has 0 aliphatic carbocycles. The van der Waals surface area contributed by atoms with Crippen molar-refractivity contribution in [3.8, 4) is 0 Å². The van der Waals surface area contributed by atoms with E-state index >= 15 is 0 Å². The van der Waals surface area contributed by atoms with Crippen LogP contribution < -0.4 is 10.5 Å². The first-order valence-electron chi connectivity index (χ1n) is 4.71. The van der Waals surface area contributed by atoms with Crippen LogP contribution in [0.4, 0.5) is 11.6 Å². The van der Waals surface area contributed by atoms with Crippen LogP contribution in [0.25, 0.3) is 0 Å². The summed E-state index contributed by atoms with van der Waals surface area (Å²) < 4.78 is 27.6. The zero-order valence-corrected chi connectivity index (χ0v) is 9.85. The molecule has 0 saturated heterocycles. The van der Waals surface area contributed by atoms with E-state index in [2.05, 4.69) is 14.8 Å². The molecule has 3 N–H and O–H groups in total. The fraction of sp³-hybridized carbons (Fsp3) is 0.111. The second-order valence-electron chi connectivity index (χ2n) is 3.40. The predicted molar refractivity (Wildman–Crippen MR) is 62.7 cm³/mol. The van der Waals surface area contributed by atoms with Crippen LogP contribution in [0.3, 0.4) is 0 Å². The van der Waals surface area contributed by atoms with Crippen molar-refractivity contribution in [3.05, 3.63) is 30.6 Å². The van der Waals surface area contributed by atoms with Crippen LogP contribution in [0.15, 0.2) is 35.5 Å². The zero-order valence-electron chi connectivity index (χ0n) is 9.03. The third-order valence-corrected chi connectivity index (χ3v) is 3.36. The Hall–Kier alpha value is -2.09. The molecule has 2 aromatic rings. The molecule has 2 aromatic heterocycles. The van der Waals surface area contributed by atoms with Gasteiger partial charge in [-0.2, -0.15) is 5.10 Å². The van der Waals surface area contributed by atoms with Gasteiger partial charge in [0.15, 0.2) is 5.82 Å². The van der Waals surface area contributed by atoms with E-state index in [9.17, 15) is 8.42 Å². The number of anilines is 2. The van der Waals surface area contributed by atoms with E-state index in [1.807, 2.05) is 0 Å². The lowest BCUT2D eigenvalue weighted by atomic mass is 10.5. The van der Waals surface area contributed by atoms with Gasteiger partial charge >= 0.3 is 0 Å². The third kappa shape index (κ3) is 2.53. The van der Waals surface area contributed by atoms with Crippen LogP contribution in [-0.2, 0) is 17.1 Å². The second-order valence-corrected chi connectivity index (χ2v) is 5.08. The van der Waals surface area contributed by atoms with Crippen molar-refractivity contribution in [1.29, 1.82) is 0 Å². The van der Waals surface area contributed by atoms with Gasteiger partial charge in [0.1, 0.15) is 10.7 Å². The number of nitrogens with two attached hydrogens (primary N) is 1. The van der Waals surface area contributed by atoms with Gasteiger partial charge in [-0.1, -0.05) is 0 Å². The molecule has 2 rings (SSSR count). The number of sulfonamides is 1. The number of rotatable bonds is 3. The smallest absolute Gasteiger partial charge is 0.264 e. The summed E-state index contributed by atoms with van der Waals surface area (Å²) in [6.45, 7) is 0. The van der Waals surface area contributed by atoms with E-state index in [1.54, 1.807) is 19.3 Å². The Kier molecular flexibility index (Phi) is 2.72. The third-order valence-electron chi connectivity index (χ3n) is 2.02. The SMILES string of the molecule is Cn1ccc(NS(=O)(=O)c2ccc(N)nc2)n1. The van der Waals surface area contributed by atoms with E-state index in [4.69, 9.17) is 5.73 Å². The fourth-order valence-electron chi connectivity index (χ4n) is 1.22. The molecule has 7 nitrogen and oxygen atoms in total. The summed E-state index contributed by atoms with van der Waals surface area (Å²) >= 11 is 0. The van der Waals surface area contributed by atoms with Crippen LogP contribution in [0, 0.1) is 0 Å². The molecule has 17 heavy (non-hydrogen) atoms. The summed E-state index contributed by atoms with van der Waals surface area (Å²) in [5.41, 5.74) is 5.38. The van der Waals surface area contributed by atoms with Crippen LogP contribution in [-0.4, -0.2) is 23.2 Å². The molecule has 0 radical (unpaired) electrons. The number of nitrogens with one attached hydrogen (secondary N) is 1. The number of aryl methyl sites for hydroxylation is 1. The highest BCUT2D eigenvalue weighted by molar-refractivity contribution is 7.92. The largest absolute Gasteiger partial charge is 0.384 e. The van der Waals surface area contributed by atoms with Crippen molar-refractivity contribution in [2.24, 2.45) is 7.05 Å². The van der Waals surface area contributed by atoms with Crippen molar-refractivity contribution in [1.82, 2.24) is 14.8 Å². The van der Waals surface area contributed by atoms with Gasteiger partial charge in [0.05, 0.1) is 0 Å². The van der Waals surface area contributed by atoms with Crippen LogP contribution >= 0.6 is 0 Å². The average Bonchev–Trinajstić information content (AvgIpc) is 2.63. The van der Waals surface area contributed by atoms with E-state index in [0.717, 1.165) is 0 Å². The fourth-order valence-corrected chi connectivity index (χ4v) is 2.16. The van der Waals surface area contributed by atoms with Gasteiger partial charge in [-0.15, -0.1) is 0 Å². The zero-order chi connectivity index (χ0) is 12.5. The lowest BCUT2D eigenvalue weighted by Gasteiger charge is -2.04. The number of nitrogens with zero attached hydrogens (tertiary/aromatic N) is 3. The highest BCUT2D eigenvalue weighted by Gasteiger charge is 2.15. The summed E-state index contributed by atoms with van der Waals surface area (Å²) in [5, 5.41) is 3.92. The standard InChI is InChI=1S/C9H11N5O2S/c1-14-5-4-9(12-14)13-17(15,16)7-2-3-8(10)11-6-7/h2-6H,1H3,(H2,10,11)(H,12,13). The normalized spacial score (nSPS) is 11.4. The summed E-state index contributed by atoms with van der Waals surface area (Å²) in [7, 11) is -1.96. The molecule has 0 amide bonds. The van der Waals surface area contributed by atoms with Crippen LogP contribution in [0.2, 0.25) is 0 Å². The maximum Gasteiger partial charge on any atom is 0.264 e. The summed E-state index contributed by atoms with van der Waals surface area (Å²) in [6, 6.07) is 4.36. The van der Waals surface area contributed by atoms with Crippen molar-refractivity contribution < 1.29 is 8.42 Å². The Bertz CT molecular complexity index is 617. The number of hydrogen-bond acceptors (Lipinski definition) is 5. The summed E-state index contributed by atoms with van der Waals surface area (Å²) in [5.74, 6) is 0.520. The molecule has 2 heterocycles. The molecule has 90 valence electrons. The highest BCUT2D eigenvalue weighted by Crippen LogP contribution is 2.13. The summed E-state index contributed by atoms with van der Waals surface area (Å²) in [6.07, 6.45) is 2.83. The van der Waals surface area contributed by atoms with E-state index < -0.39 is 10.0 Å². The minimum Gasteiger partial charge on any atom is -0.384 e. The van der Waals surface area contributed by atoms with Crippen molar-refractivity contribution in [3.63, 3.8) is 0 Å². The van der Waals surface area contributed by atoms with E-state index in [1.165, 1.54) is 23.0 Å². The quantitative estimate of drug-likeness (QED) is 0.813. The molecule has 0 saturated carbocycles.